The van der Waals surface area contributed by atoms with E-state index >= 15 is 0 Å². The Balaban J connectivity index is 2.12. The van der Waals surface area contributed by atoms with Crippen LogP contribution < -0.4 is 4.72 Å². The topological polar surface area (TPSA) is 46.2 Å². The molecule has 0 saturated carbocycles. The number of hydrogen-bond acceptors (Lipinski definition) is 2. The molecule has 0 heterocycles. The van der Waals surface area contributed by atoms with Gasteiger partial charge in [0.15, 0.2) is 0 Å². The van der Waals surface area contributed by atoms with Crippen LogP contribution in [0.3, 0.4) is 0 Å². The lowest BCUT2D eigenvalue weighted by molar-refractivity contribution is 0.600. The van der Waals surface area contributed by atoms with Crippen molar-refractivity contribution in [2.75, 3.05) is 4.72 Å². The second-order valence-electron chi connectivity index (χ2n) is 5.23. The molecule has 0 radical (unpaired) electrons. The molecule has 0 aliphatic rings. The minimum absolute atomic E-state index is 0.140. The minimum Gasteiger partial charge on any atom is -0.283 e. The Hall–Kier alpha value is -1.52. The largest absolute Gasteiger partial charge is 0.283 e. The van der Waals surface area contributed by atoms with E-state index in [2.05, 4.69) is 18.6 Å². The molecular weight excluding hydrogens is 306 g/mol. The molecule has 0 atom stereocenters. The molecule has 0 fully saturated rings. The molecule has 0 saturated heterocycles. The second-order valence-corrected chi connectivity index (χ2v) is 7.36. The van der Waals surface area contributed by atoms with Gasteiger partial charge in [-0.15, -0.1) is 0 Å². The van der Waals surface area contributed by atoms with Gasteiger partial charge in [-0.2, -0.15) is 0 Å². The van der Waals surface area contributed by atoms with Gasteiger partial charge in [0.2, 0.25) is 10.0 Å². The van der Waals surface area contributed by atoms with E-state index in [9.17, 15) is 8.42 Å². The molecule has 2 rings (SSSR count). The van der Waals surface area contributed by atoms with Crippen LogP contribution in [0, 0.1) is 0 Å². The van der Waals surface area contributed by atoms with Crippen LogP contribution in [0.25, 0.3) is 0 Å². The Morgan fingerprint density at radius 1 is 1.05 bits per heavy atom. The fourth-order valence-electron chi connectivity index (χ4n) is 1.97. The zero-order chi connectivity index (χ0) is 15.5. The van der Waals surface area contributed by atoms with Crippen LogP contribution in [0.4, 0.5) is 5.69 Å². The summed E-state index contributed by atoms with van der Waals surface area (Å²) in [4.78, 5) is 0. The van der Waals surface area contributed by atoms with Crippen molar-refractivity contribution in [1.82, 2.24) is 0 Å². The molecule has 5 heteroatoms. The van der Waals surface area contributed by atoms with Gasteiger partial charge in [0.1, 0.15) is 0 Å². The maximum absolute atomic E-state index is 12.2. The molecule has 112 valence electrons. The summed E-state index contributed by atoms with van der Waals surface area (Å²) < 4.78 is 26.9. The number of hydrogen-bond donors (Lipinski definition) is 1. The molecule has 0 aliphatic carbocycles. The lowest BCUT2D eigenvalue weighted by Gasteiger charge is -2.11. The van der Waals surface area contributed by atoms with Gasteiger partial charge in [-0.05, 0) is 35.2 Å². The summed E-state index contributed by atoms with van der Waals surface area (Å²) in [5.41, 5.74) is 2.32. The van der Waals surface area contributed by atoms with E-state index in [-0.39, 0.29) is 5.75 Å². The smallest absolute Gasteiger partial charge is 0.236 e. The summed E-state index contributed by atoms with van der Waals surface area (Å²) in [5.74, 6) is 0.275. The van der Waals surface area contributed by atoms with Crippen LogP contribution in [0.2, 0.25) is 5.02 Å². The highest BCUT2D eigenvalue weighted by molar-refractivity contribution is 7.91. The molecule has 0 spiro atoms. The van der Waals surface area contributed by atoms with E-state index in [1.807, 2.05) is 12.1 Å². The molecule has 0 amide bonds. The number of benzene rings is 2. The molecule has 0 bridgehead atoms. The number of rotatable bonds is 5. The van der Waals surface area contributed by atoms with Crippen molar-refractivity contribution in [3.8, 4) is 0 Å². The predicted molar refractivity (Wildman–Crippen MR) is 88.2 cm³/mol. The minimum atomic E-state index is -3.48. The summed E-state index contributed by atoms with van der Waals surface area (Å²) in [6.07, 6.45) is 0. The third-order valence-corrected chi connectivity index (χ3v) is 4.76. The van der Waals surface area contributed by atoms with Crippen molar-refractivity contribution in [1.29, 1.82) is 0 Å². The van der Waals surface area contributed by atoms with Gasteiger partial charge in [-0.25, -0.2) is 8.42 Å². The van der Waals surface area contributed by atoms with Crippen molar-refractivity contribution in [2.24, 2.45) is 0 Å². The molecule has 0 aromatic heterocycles. The molecule has 0 aliphatic heterocycles. The van der Waals surface area contributed by atoms with Crippen molar-refractivity contribution in [3.63, 3.8) is 0 Å². The van der Waals surface area contributed by atoms with E-state index < -0.39 is 10.0 Å². The molecule has 2 aromatic carbocycles. The summed E-state index contributed by atoms with van der Waals surface area (Å²) in [7, 11) is -3.48. The lowest BCUT2D eigenvalue weighted by atomic mass is 10.0. The Labute approximate surface area is 131 Å². The quantitative estimate of drug-likeness (QED) is 0.886. The standard InChI is InChI=1S/C16H18ClNO2S/c1-12(2)13-7-9-15(10-8-13)18-21(19,20)11-14-5-3-4-6-16(14)17/h3-10,12,18H,11H2,1-2H3. The highest BCUT2D eigenvalue weighted by Gasteiger charge is 2.13. The number of sulfonamides is 1. The first-order chi connectivity index (χ1) is 9.87. The van der Waals surface area contributed by atoms with Gasteiger partial charge in [-0.3, -0.25) is 4.72 Å². The summed E-state index contributed by atoms with van der Waals surface area (Å²) >= 11 is 6.00. The monoisotopic (exact) mass is 323 g/mol. The Morgan fingerprint density at radius 2 is 1.67 bits per heavy atom. The summed E-state index contributed by atoms with van der Waals surface area (Å²) in [6, 6.07) is 14.4. The maximum atomic E-state index is 12.2. The van der Waals surface area contributed by atoms with Crippen molar-refractivity contribution >= 4 is 27.3 Å². The van der Waals surface area contributed by atoms with Crippen LogP contribution in [-0.2, 0) is 15.8 Å². The maximum Gasteiger partial charge on any atom is 0.236 e. The number of anilines is 1. The van der Waals surface area contributed by atoms with Gasteiger partial charge in [0.05, 0.1) is 5.75 Å². The Morgan fingerprint density at radius 3 is 2.24 bits per heavy atom. The molecular formula is C16H18ClNO2S. The molecule has 1 N–H and O–H groups in total. The number of nitrogens with one attached hydrogen (secondary N) is 1. The summed E-state index contributed by atoms with van der Waals surface area (Å²) in [5, 5.41) is 0.457. The van der Waals surface area contributed by atoms with Gasteiger partial charge in [0.25, 0.3) is 0 Å². The third-order valence-electron chi connectivity index (χ3n) is 3.15. The van der Waals surface area contributed by atoms with Gasteiger partial charge in [-0.1, -0.05) is 55.8 Å². The van der Waals surface area contributed by atoms with E-state index in [4.69, 9.17) is 11.6 Å². The predicted octanol–water partition coefficient (Wildman–Crippen LogP) is 4.41. The van der Waals surface area contributed by atoms with Crippen molar-refractivity contribution in [2.45, 2.75) is 25.5 Å². The molecule has 3 nitrogen and oxygen atoms in total. The fourth-order valence-corrected chi connectivity index (χ4v) is 3.48. The summed E-state index contributed by atoms with van der Waals surface area (Å²) in [6.45, 7) is 4.19. The van der Waals surface area contributed by atoms with Crippen molar-refractivity contribution < 1.29 is 8.42 Å². The van der Waals surface area contributed by atoms with E-state index in [0.717, 1.165) is 0 Å². The van der Waals surface area contributed by atoms with E-state index in [0.29, 0.717) is 22.2 Å². The van der Waals surface area contributed by atoms with Crippen LogP contribution >= 0.6 is 11.6 Å². The normalized spacial score (nSPS) is 11.6. The van der Waals surface area contributed by atoms with E-state index in [1.54, 1.807) is 36.4 Å². The SMILES string of the molecule is CC(C)c1ccc(NS(=O)(=O)Cc2ccccc2Cl)cc1. The second kappa shape index (κ2) is 6.50. The Kier molecular flexibility index (Phi) is 4.91. The highest BCUT2D eigenvalue weighted by atomic mass is 35.5. The van der Waals surface area contributed by atoms with Gasteiger partial charge in [0, 0.05) is 10.7 Å². The van der Waals surface area contributed by atoms with Crippen LogP contribution in [-0.4, -0.2) is 8.42 Å². The first-order valence-corrected chi connectivity index (χ1v) is 8.74. The third kappa shape index (κ3) is 4.48. The number of halogens is 1. The zero-order valence-electron chi connectivity index (χ0n) is 12.0. The highest BCUT2D eigenvalue weighted by Crippen LogP contribution is 2.21. The average Bonchev–Trinajstić information content (AvgIpc) is 2.41. The average molecular weight is 324 g/mol. The van der Waals surface area contributed by atoms with Crippen LogP contribution in [0.5, 0.6) is 0 Å². The molecule has 21 heavy (non-hydrogen) atoms. The molecule has 2 aromatic rings. The van der Waals surface area contributed by atoms with Crippen molar-refractivity contribution in [3.05, 3.63) is 64.7 Å². The van der Waals surface area contributed by atoms with Gasteiger partial charge < -0.3 is 0 Å². The van der Waals surface area contributed by atoms with Crippen LogP contribution in [0.1, 0.15) is 30.9 Å². The fraction of sp³-hybridized carbons (Fsp3) is 0.250. The van der Waals surface area contributed by atoms with Crippen LogP contribution in [0.15, 0.2) is 48.5 Å². The first kappa shape index (κ1) is 15.9. The Bertz CT molecular complexity index is 709. The van der Waals surface area contributed by atoms with Gasteiger partial charge >= 0.3 is 0 Å². The molecule has 0 unspecified atom stereocenters. The lowest BCUT2D eigenvalue weighted by Crippen LogP contribution is -2.15. The first-order valence-electron chi connectivity index (χ1n) is 6.71. The van der Waals surface area contributed by atoms with E-state index in [1.165, 1.54) is 5.56 Å². The zero-order valence-corrected chi connectivity index (χ0v) is 13.6.